The van der Waals surface area contributed by atoms with Crippen LogP contribution in [0.15, 0.2) is 40.9 Å². The smallest absolute Gasteiger partial charge is 0.321 e. The SMILES string of the molecule is CCCCN(CCCC)CCCNC(=O)Nc1nc(N)c(-c2nc(-c3cc(NC(=O)c4cccc(OC)c4)c(F)cc3F)no2)s1. The van der Waals surface area contributed by atoms with Crippen LogP contribution in [0.25, 0.3) is 22.2 Å². The van der Waals surface area contributed by atoms with Gasteiger partial charge in [-0.25, -0.2) is 18.6 Å². The summed E-state index contributed by atoms with van der Waals surface area (Å²) in [6.07, 6.45) is 5.39. The summed E-state index contributed by atoms with van der Waals surface area (Å²) in [6, 6.07) is 7.51. The van der Waals surface area contributed by atoms with E-state index in [0.717, 1.165) is 69.1 Å². The van der Waals surface area contributed by atoms with Crippen molar-refractivity contribution in [3.63, 3.8) is 0 Å². The van der Waals surface area contributed by atoms with Crippen molar-refractivity contribution in [1.82, 2.24) is 25.3 Å². The Morgan fingerprint density at radius 3 is 2.46 bits per heavy atom. The highest BCUT2D eigenvalue weighted by molar-refractivity contribution is 7.19. The van der Waals surface area contributed by atoms with Crippen molar-refractivity contribution in [3.8, 4) is 27.9 Å². The Morgan fingerprint density at radius 1 is 1.00 bits per heavy atom. The first-order chi connectivity index (χ1) is 22.2. The van der Waals surface area contributed by atoms with Crippen molar-refractivity contribution in [3.05, 3.63) is 53.6 Å². The number of amides is 3. The third-order valence-corrected chi connectivity index (χ3v) is 7.94. The van der Waals surface area contributed by atoms with Crippen molar-refractivity contribution in [2.24, 2.45) is 0 Å². The number of nitrogens with two attached hydrogens (primary N) is 1. The van der Waals surface area contributed by atoms with Crippen molar-refractivity contribution >= 4 is 39.9 Å². The second-order valence-electron chi connectivity index (χ2n) is 10.4. The predicted octanol–water partition coefficient (Wildman–Crippen LogP) is 6.40. The Morgan fingerprint density at radius 2 is 1.74 bits per heavy atom. The monoisotopic (exact) mass is 656 g/mol. The molecule has 0 atom stereocenters. The summed E-state index contributed by atoms with van der Waals surface area (Å²) in [6.45, 7) is 7.85. The number of hydrogen-bond acceptors (Lipinski definition) is 10. The van der Waals surface area contributed by atoms with Crippen LogP contribution in [0.3, 0.4) is 0 Å². The largest absolute Gasteiger partial charge is 0.497 e. The Bertz CT molecular complexity index is 1620. The number of urea groups is 1. The summed E-state index contributed by atoms with van der Waals surface area (Å²) in [4.78, 5) is 36.2. The highest BCUT2D eigenvalue weighted by Gasteiger charge is 2.22. The number of carbonyl (C=O) groups is 2. The molecule has 2 aromatic carbocycles. The molecule has 46 heavy (non-hydrogen) atoms. The van der Waals surface area contributed by atoms with Crippen LogP contribution in [0.5, 0.6) is 5.75 Å². The molecule has 246 valence electrons. The first-order valence-electron chi connectivity index (χ1n) is 15.0. The van der Waals surface area contributed by atoms with Gasteiger partial charge in [0, 0.05) is 18.2 Å². The second-order valence-corrected chi connectivity index (χ2v) is 11.4. The quantitative estimate of drug-likeness (QED) is 0.100. The minimum Gasteiger partial charge on any atom is -0.497 e. The molecular formula is C31H38F2N8O4S. The van der Waals surface area contributed by atoms with Gasteiger partial charge in [0.1, 0.15) is 28.1 Å². The summed E-state index contributed by atoms with van der Waals surface area (Å²) < 4.78 is 39.8. The molecule has 5 N–H and O–H groups in total. The fraction of sp³-hybridized carbons (Fsp3) is 0.387. The number of ether oxygens (including phenoxy) is 1. The molecule has 0 saturated heterocycles. The van der Waals surface area contributed by atoms with Gasteiger partial charge in [0.05, 0.1) is 18.4 Å². The Hall–Kier alpha value is -4.63. The van der Waals surface area contributed by atoms with E-state index >= 15 is 0 Å². The van der Waals surface area contributed by atoms with E-state index < -0.39 is 23.6 Å². The van der Waals surface area contributed by atoms with Crippen molar-refractivity contribution in [2.75, 3.05) is 49.7 Å². The third kappa shape index (κ3) is 9.20. The molecule has 0 aliphatic rings. The number of hydrogen-bond donors (Lipinski definition) is 4. The van der Waals surface area contributed by atoms with E-state index in [1.165, 1.54) is 19.2 Å². The van der Waals surface area contributed by atoms with E-state index in [2.05, 4.69) is 49.8 Å². The summed E-state index contributed by atoms with van der Waals surface area (Å²) in [5, 5.41) is 11.9. The maximum absolute atomic E-state index is 14.8. The van der Waals surface area contributed by atoms with Crippen LogP contribution >= 0.6 is 11.3 Å². The van der Waals surface area contributed by atoms with Crippen LogP contribution in [0, 0.1) is 11.6 Å². The summed E-state index contributed by atoms with van der Waals surface area (Å²) in [5.74, 6) is -2.43. The second kappa shape index (κ2) is 16.6. The summed E-state index contributed by atoms with van der Waals surface area (Å²) in [5.41, 5.74) is 5.75. The molecule has 4 aromatic rings. The van der Waals surface area contributed by atoms with E-state index in [-0.39, 0.29) is 44.4 Å². The molecule has 0 radical (unpaired) electrons. The zero-order chi connectivity index (χ0) is 33.1. The van der Waals surface area contributed by atoms with Gasteiger partial charge in [0.25, 0.3) is 11.8 Å². The van der Waals surface area contributed by atoms with Crippen molar-refractivity contribution in [1.29, 1.82) is 0 Å². The number of nitrogens with one attached hydrogen (secondary N) is 3. The maximum Gasteiger partial charge on any atom is 0.321 e. The van der Waals surface area contributed by atoms with Crippen molar-refractivity contribution < 1.29 is 27.6 Å². The highest BCUT2D eigenvalue weighted by Crippen LogP contribution is 2.36. The molecule has 4 rings (SSSR count). The molecule has 15 heteroatoms. The molecule has 0 aliphatic carbocycles. The van der Waals surface area contributed by atoms with Crippen molar-refractivity contribution in [2.45, 2.75) is 46.0 Å². The standard InChI is InChI=1S/C31H38F2N8O4S/c1-4-6-13-41(14-7-5-2)15-9-12-35-30(43)39-31-37-26(34)25(46-31)29-38-27(40-45-29)21-17-24(23(33)18-22(21)32)36-28(42)19-10-8-11-20(16-19)44-3/h8,10-11,16-18H,4-7,9,12-15,34H2,1-3H3,(H,36,42)(H2,35,37,39,43). The van der Waals surface area contributed by atoms with E-state index in [0.29, 0.717) is 18.4 Å². The summed E-state index contributed by atoms with van der Waals surface area (Å²) in [7, 11) is 1.45. The van der Waals surface area contributed by atoms with Gasteiger partial charge in [-0.1, -0.05) is 49.2 Å². The average Bonchev–Trinajstić information content (AvgIpc) is 3.67. The first kappa shape index (κ1) is 34.2. The van der Waals surface area contributed by atoms with Gasteiger partial charge in [-0.05, 0) is 63.2 Å². The molecular weight excluding hydrogens is 618 g/mol. The number of unbranched alkanes of at least 4 members (excludes halogenated alkanes) is 2. The molecule has 0 aliphatic heterocycles. The van der Waals surface area contributed by atoms with E-state index in [1.807, 2.05) is 0 Å². The number of carbonyl (C=O) groups excluding carboxylic acids is 2. The normalized spacial score (nSPS) is 11.1. The third-order valence-electron chi connectivity index (χ3n) is 6.96. The van der Waals surface area contributed by atoms with Gasteiger partial charge in [-0.15, -0.1) is 0 Å². The maximum atomic E-state index is 14.8. The predicted molar refractivity (Wildman–Crippen MR) is 174 cm³/mol. The Labute approximate surface area is 269 Å². The van der Waals surface area contributed by atoms with Crippen LogP contribution in [0.4, 0.5) is 30.2 Å². The number of nitrogen functional groups attached to an aromatic ring is 1. The molecule has 0 unspecified atom stereocenters. The fourth-order valence-electron chi connectivity index (χ4n) is 4.48. The van der Waals surface area contributed by atoms with Gasteiger partial charge in [0.2, 0.25) is 5.82 Å². The average molecular weight is 657 g/mol. The van der Waals surface area contributed by atoms with Crippen LogP contribution in [0.2, 0.25) is 0 Å². The van der Waals surface area contributed by atoms with Gasteiger partial charge >= 0.3 is 6.03 Å². The molecule has 3 amide bonds. The number of halogens is 2. The minimum absolute atomic E-state index is 0.0174. The number of anilines is 3. The lowest BCUT2D eigenvalue weighted by atomic mass is 10.1. The van der Waals surface area contributed by atoms with Gasteiger partial charge in [0.15, 0.2) is 5.13 Å². The Kier molecular flexibility index (Phi) is 12.4. The number of benzene rings is 2. The first-order valence-corrected chi connectivity index (χ1v) is 15.9. The van der Waals surface area contributed by atoms with Gasteiger partial charge < -0.3 is 30.5 Å². The minimum atomic E-state index is -0.993. The number of rotatable bonds is 16. The highest BCUT2D eigenvalue weighted by atomic mass is 32.1. The van der Waals surface area contributed by atoms with Crippen LogP contribution in [-0.2, 0) is 0 Å². The Balaban J connectivity index is 1.38. The number of nitrogens with zero attached hydrogens (tertiary/aromatic N) is 4. The number of methoxy groups -OCH3 is 1. The molecule has 0 fully saturated rings. The lowest BCUT2D eigenvalue weighted by Crippen LogP contribution is -2.33. The zero-order valence-corrected chi connectivity index (χ0v) is 26.8. The molecule has 12 nitrogen and oxygen atoms in total. The molecule has 0 bridgehead atoms. The lowest BCUT2D eigenvalue weighted by Gasteiger charge is -2.21. The topological polar surface area (TPSA) is 161 Å². The molecule has 2 heterocycles. The molecule has 0 saturated carbocycles. The summed E-state index contributed by atoms with van der Waals surface area (Å²) >= 11 is 0.997. The van der Waals surface area contributed by atoms with Gasteiger partial charge in [-0.3, -0.25) is 10.1 Å². The molecule has 2 aromatic heterocycles. The van der Waals surface area contributed by atoms with Crippen LogP contribution in [-0.4, -0.2) is 65.3 Å². The molecule has 0 spiro atoms. The lowest BCUT2D eigenvalue weighted by molar-refractivity contribution is 0.102. The fourth-order valence-corrected chi connectivity index (χ4v) is 5.28. The van der Waals surface area contributed by atoms with Crippen LogP contribution in [0.1, 0.15) is 56.3 Å². The van der Waals surface area contributed by atoms with Crippen LogP contribution < -0.4 is 26.4 Å². The zero-order valence-electron chi connectivity index (χ0n) is 26.0. The number of thiazole rings is 1. The van der Waals surface area contributed by atoms with Gasteiger partial charge in [-0.2, -0.15) is 4.98 Å². The van der Waals surface area contributed by atoms with E-state index in [9.17, 15) is 18.4 Å². The van der Waals surface area contributed by atoms with E-state index in [1.54, 1.807) is 12.1 Å². The van der Waals surface area contributed by atoms with E-state index in [4.69, 9.17) is 15.0 Å². The number of aromatic nitrogens is 3.